The molecule has 0 heterocycles. The molecule has 0 saturated heterocycles. The highest BCUT2D eigenvalue weighted by molar-refractivity contribution is 7.89. The fraction of sp³-hybridized carbons (Fsp3) is 0.455. The van der Waals surface area contributed by atoms with Gasteiger partial charge in [0.1, 0.15) is 11.6 Å². The quantitative estimate of drug-likeness (QED) is 0.818. The summed E-state index contributed by atoms with van der Waals surface area (Å²) in [5.74, 6) is -1.79. The van der Waals surface area contributed by atoms with Crippen LogP contribution in [0.25, 0.3) is 0 Å². The number of benzene rings is 1. The monoisotopic (exact) mass is 263 g/mol. The summed E-state index contributed by atoms with van der Waals surface area (Å²) in [6.45, 7) is 2.26. The standard InChI is InChI=1S/C11H15F2NO2S/c1-3-4-5-14(2)17(15,16)11-7-9(12)6-10(13)8-11/h6-8H,3-5H2,1-2H3. The van der Waals surface area contributed by atoms with Gasteiger partial charge in [-0.05, 0) is 18.6 Å². The smallest absolute Gasteiger partial charge is 0.207 e. The number of hydrogen-bond acceptors (Lipinski definition) is 2. The molecule has 0 aliphatic carbocycles. The van der Waals surface area contributed by atoms with Crippen LogP contribution in [0.4, 0.5) is 8.78 Å². The van der Waals surface area contributed by atoms with Crippen LogP contribution in [0.15, 0.2) is 23.1 Å². The van der Waals surface area contributed by atoms with E-state index in [0.717, 1.165) is 22.9 Å². The lowest BCUT2D eigenvalue weighted by Crippen LogP contribution is -2.28. The van der Waals surface area contributed by atoms with E-state index in [1.807, 2.05) is 6.92 Å². The maximum absolute atomic E-state index is 13.0. The summed E-state index contributed by atoms with van der Waals surface area (Å²) in [7, 11) is -2.41. The Kier molecular flexibility index (Phi) is 4.59. The molecule has 96 valence electrons. The second kappa shape index (κ2) is 5.55. The Morgan fingerprint density at radius 3 is 2.18 bits per heavy atom. The summed E-state index contributed by atoms with van der Waals surface area (Å²) in [4.78, 5) is -0.353. The minimum absolute atomic E-state index is 0.330. The molecule has 0 aliphatic rings. The molecule has 3 nitrogen and oxygen atoms in total. The van der Waals surface area contributed by atoms with Gasteiger partial charge in [-0.2, -0.15) is 0 Å². The van der Waals surface area contributed by atoms with Crippen molar-refractivity contribution in [3.63, 3.8) is 0 Å². The predicted molar refractivity (Wildman–Crippen MR) is 61.1 cm³/mol. The summed E-state index contributed by atoms with van der Waals surface area (Å²) in [5, 5.41) is 0. The van der Waals surface area contributed by atoms with E-state index >= 15 is 0 Å². The van der Waals surface area contributed by atoms with Crippen molar-refractivity contribution in [1.29, 1.82) is 0 Å². The SMILES string of the molecule is CCCCN(C)S(=O)(=O)c1cc(F)cc(F)c1. The average Bonchev–Trinajstić information content (AvgIpc) is 2.24. The van der Waals surface area contributed by atoms with Gasteiger partial charge < -0.3 is 0 Å². The zero-order valence-electron chi connectivity index (χ0n) is 9.78. The Labute approximate surface area is 100 Å². The maximum Gasteiger partial charge on any atom is 0.243 e. The van der Waals surface area contributed by atoms with Crippen LogP contribution in [0.5, 0.6) is 0 Å². The van der Waals surface area contributed by atoms with Crippen molar-refractivity contribution in [3.05, 3.63) is 29.8 Å². The molecule has 6 heteroatoms. The molecule has 0 aliphatic heterocycles. The van der Waals surface area contributed by atoms with Crippen LogP contribution in [0.2, 0.25) is 0 Å². The van der Waals surface area contributed by atoms with Crippen LogP contribution in [0.3, 0.4) is 0 Å². The van der Waals surface area contributed by atoms with Crippen LogP contribution < -0.4 is 0 Å². The van der Waals surface area contributed by atoms with Crippen LogP contribution in [-0.4, -0.2) is 26.3 Å². The molecule has 0 saturated carbocycles. The van der Waals surface area contributed by atoms with E-state index in [1.54, 1.807) is 0 Å². The lowest BCUT2D eigenvalue weighted by Gasteiger charge is -2.16. The molecular weight excluding hydrogens is 248 g/mol. The average molecular weight is 263 g/mol. The number of hydrogen-bond donors (Lipinski definition) is 0. The highest BCUT2D eigenvalue weighted by Gasteiger charge is 2.21. The third-order valence-electron chi connectivity index (χ3n) is 2.37. The fourth-order valence-electron chi connectivity index (χ4n) is 1.36. The van der Waals surface area contributed by atoms with E-state index in [0.29, 0.717) is 19.0 Å². The van der Waals surface area contributed by atoms with Crippen molar-refractivity contribution in [1.82, 2.24) is 4.31 Å². The van der Waals surface area contributed by atoms with Gasteiger partial charge in [-0.1, -0.05) is 13.3 Å². The van der Waals surface area contributed by atoms with Crippen molar-refractivity contribution in [2.75, 3.05) is 13.6 Å². The first kappa shape index (κ1) is 14.1. The summed E-state index contributed by atoms with van der Waals surface area (Å²) >= 11 is 0. The van der Waals surface area contributed by atoms with E-state index < -0.39 is 21.7 Å². The fourth-order valence-corrected chi connectivity index (χ4v) is 2.61. The third kappa shape index (κ3) is 3.47. The molecule has 0 N–H and O–H groups in total. The number of sulfonamides is 1. The van der Waals surface area contributed by atoms with E-state index in [9.17, 15) is 17.2 Å². The lowest BCUT2D eigenvalue weighted by atomic mass is 10.3. The Balaban J connectivity index is 3.04. The van der Waals surface area contributed by atoms with Gasteiger partial charge in [-0.3, -0.25) is 0 Å². The maximum atomic E-state index is 13.0. The van der Waals surface area contributed by atoms with E-state index in [1.165, 1.54) is 7.05 Å². The second-order valence-electron chi connectivity index (χ2n) is 3.79. The number of halogens is 2. The minimum Gasteiger partial charge on any atom is -0.207 e. The Bertz CT molecular complexity index is 468. The number of unbranched alkanes of at least 4 members (excludes halogenated alkanes) is 1. The van der Waals surface area contributed by atoms with Crippen LogP contribution in [0, 0.1) is 11.6 Å². The van der Waals surface area contributed by atoms with Gasteiger partial charge in [0, 0.05) is 19.7 Å². The zero-order chi connectivity index (χ0) is 13.1. The van der Waals surface area contributed by atoms with Gasteiger partial charge in [0.2, 0.25) is 10.0 Å². The first-order valence-electron chi connectivity index (χ1n) is 5.30. The van der Waals surface area contributed by atoms with Crippen molar-refractivity contribution >= 4 is 10.0 Å². The third-order valence-corrected chi connectivity index (χ3v) is 4.21. The van der Waals surface area contributed by atoms with Crippen LogP contribution in [-0.2, 0) is 10.0 Å². The summed E-state index contributed by atoms with van der Waals surface area (Å²) in [5.41, 5.74) is 0. The molecule has 0 radical (unpaired) electrons. The van der Waals surface area contributed by atoms with Crippen molar-refractivity contribution in [2.24, 2.45) is 0 Å². The normalized spacial score (nSPS) is 12.1. The van der Waals surface area contributed by atoms with Gasteiger partial charge >= 0.3 is 0 Å². The largest absolute Gasteiger partial charge is 0.243 e. The van der Waals surface area contributed by atoms with E-state index in [4.69, 9.17) is 0 Å². The topological polar surface area (TPSA) is 37.4 Å². The highest BCUT2D eigenvalue weighted by Crippen LogP contribution is 2.17. The zero-order valence-corrected chi connectivity index (χ0v) is 10.6. The molecule has 0 unspecified atom stereocenters. The molecule has 1 aromatic rings. The second-order valence-corrected chi connectivity index (χ2v) is 5.83. The molecule has 17 heavy (non-hydrogen) atoms. The molecule has 0 spiro atoms. The molecule has 1 aromatic carbocycles. The van der Waals surface area contributed by atoms with Gasteiger partial charge in [0.25, 0.3) is 0 Å². The molecule has 0 amide bonds. The van der Waals surface area contributed by atoms with Crippen molar-refractivity contribution < 1.29 is 17.2 Å². The summed E-state index contributed by atoms with van der Waals surface area (Å²) in [6, 6.07) is 2.28. The van der Waals surface area contributed by atoms with Gasteiger partial charge in [-0.25, -0.2) is 21.5 Å². The molecule has 0 atom stereocenters. The first-order chi connectivity index (χ1) is 7.87. The molecule has 0 bridgehead atoms. The molecule has 0 aromatic heterocycles. The molecule has 0 fully saturated rings. The van der Waals surface area contributed by atoms with E-state index in [-0.39, 0.29) is 4.90 Å². The van der Waals surface area contributed by atoms with Crippen molar-refractivity contribution in [2.45, 2.75) is 24.7 Å². The predicted octanol–water partition coefficient (Wildman–Crippen LogP) is 2.39. The Hall–Kier alpha value is -1.01. The Morgan fingerprint density at radius 2 is 1.71 bits per heavy atom. The minimum atomic E-state index is -3.80. The summed E-state index contributed by atoms with van der Waals surface area (Å²) < 4.78 is 50.9. The van der Waals surface area contributed by atoms with Gasteiger partial charge in [0.15, 0.2) is 0 Å². The lowest BCUT2D eigenvalue weighted by molar-refractivity contribution is 0.457. The number of rotatable bonds is 5. The first-order valence-corrected chi connectivity index (χ1v) is 6.74. The Morgan fingerprint density at radius 1 is 1.18 bits per heavy atom. The molecule has 1 rings (SSSR count). The van der Waals surface area contributed by atoms with Gasteiger partial charge in [-0.15, -0.1) is 0 Å². The number of nitrogens with zero attached hydrogens (tertiary/aromatic N) is 1. The van der Waals surface area contributed by atoms with Gasteiger partial charge in [0.05, 0.1) is 4.90 Å². The van der Waals surface area contributed by atoms with Crippen LogP contribution >= 0.6 is 0 Å². The molecular formula is C11H15F2NO2S. The van der Waals surface area contributed by atoms with E-state index in [2.05, 4.69) is 0 Å². The summed E-state index contributed by atoms with van der Waals surface area (Å²) in [6.07, 6.45) is 1.55. The van der Waals surface area contributed by atoms with Crippen LogP contribution in [0.1, 0.15) is 19.8 Å². The van der Waals surface area contributed by atoms with Crippen molar-refractivity contribution in [3.8, 4) is 0 Å². The highest BCUT2D eigenvalue weighted by atomic mass is 32.2.